The minimum absolute atomic E-state index is 0.169. The van der Waals surface area contributed by atoms with Crippen molar-refractivity contribution in [2.24, 2.45) is 11.8 Å². The van der Waals surface area contributed by atoms with Gasteiger partial charge in [-0.25, -0.2) is 4.39 Å². The van der Waals surface area contributed by atoms with E-state index in [1.165, 1.54) is 18.9 Å². The van der Waals surface area contributed by atoms with Gasteiger partial charge < -0.3 is 14.8 Å². The summed E-state index contributed by atoms with van der Waals surface area (Å²) in [7, 11) is 1.70. The van der Waals surface area contributed by atoms with Gasteiger partial charge in [0.2, 0.25) is 0 Å². The van der Waals surface area contributed by atoms with Crippen molar-refractivity contribution in [2.45, 2.75) is 19.3 Å². The lowest BCUT2D eigenvalue weighted by Gasteiger charge is -2.18. The lowest BCUT2D eigenvalue weighted by molar-refractivity contribution is 0.0897. The first kappa shape index (κ1) is 16.4. The SMILES string of the molecule is COCCNCC(COCC1CC1)Cc1cccc(F)c1. The fourth-order valence-corrected chi connectivity index (χ4v) is 2.35. The topological polar surface area (TPSA) is 30.5 Å². The van der Waals surface area contributed by atoms with Gasteiger partial charge in [-0.05, 0) is 48.8 Å². The second-order valence-electron chi connectivity index (χ2n) is 5.88. The number of rotatable bonds is 11. The molecule has 1 aromatic carbocycles. The van der Waals surface area contributed by atoms with Gasteiger partial charge in [0.25, 0.3) is 0 Å². The summed E-state index contributed by atoms with van der Waals surface area (Å²) in [4.78, 5) is 0. The van der Waals surface area contributed by atoms with Gasteiger partial charge in [0.1, 0.15) is 5.82 Å². The van der Waals surface area contributed by atoms with Gasteiger partial charge in [-0.1, -0.05) is 12.1 Å². The van der Waals surface area contributed by atoms with E-state index < -0.39 is 0 Å². The molecule has 0 amide bonds. The van der Waals surface area contributed by atoms with Crippen molar-refractivity contribution in [3.05, 3.63) is 35.6 Å². The molecule has 1 aliphatic carbocycles. The van der Waals surface area contributed by atoms with E-state index in [0.29, 0.717) is 12.5 Å². The summed E-state index contributed by atoms with van der Waals surface area (Å²) in [6.45, 7) is 4.00. The van der Waals surface area contributed by atoms with Crippen LogP contribution in [0.3, 0.4) is 0 Å². The first-order valence-corrected chi connectivity index (χ1v) is 7.79. The molecule has 2 rings (SSSR count). The molecule has 1 aromatic rings. The van der Waals surface area contributed by atoms with Crippen molar-refractivity contribution in [1.82, 2.24) is 5.32 Å². The fraction of sp³-hybridized carbons (Fsp3) is 0.647. The van der Waals surface area contributed by atoms with Crippen molar-refractivity contribution in [1.29, 1.82) is 0 Å². The highest BCUT2D eigenvalue weighted by Gasteiger charge is 2.22. The molecule has 1 aliphatic rings. The largest absolute Gasteiger partial charge is 0.383 e. The fourth-order valence-electron chi connectivity index (χ4n) is 2.35. The van der Waals surface area contributed by atoms with Gasteiger partial charge in [0, 0.05) is 26.8 Å². The molecule has 118 valence electrons. The molecule has 0 aliphatic heterocycles. The third-order valence-corrected chi connectivity index (χ3v) is 3.73. The normalized spacial score (nSPS) is 16.1. The Labute approximate surface area is 126 Å². The molecule has 3 nitrogen and oxygen atoms in total. The molecule has 21 heavy (non-hydrogen) atoms. The lowest BCUT2D eigenvalue weighted by Crippen LogP contribution is -2.30. The summed E-state index contributed by atoms with van der Waals surface area (Å²) in [5.74, 6) is 0.973. The van der Waals surface area contributed by atoms with Crippen LogP contribution in [0.15, 0.2) is 24.3 Å². The van der Waals surface area contributed by atoms with Crippen LogP contribution in [0, 0.1) is 17.7 Å². The highest BCUT2D eigenvalue weighted by molar-refractivity contribution is 5.16. The number of hydrogen-bond donors (Lipinski definition) is 1. The Bertz CT molecular complexity index is 410. The van der Waals surface area contributed by atoms with E-state index in [1.807, 2.05) is 6.07 Å². The van der Waals surface area contributed by atoms with Gasteiger partial charge in [-0.15, -0.1) is 0 Å². The number of ether oxygens (including phenoxy) is 2. The van der Waals surface area contributed by atoms with Crippen LogP contribution in [0.4, 0.5) is 4.39 Å². The maximum absolute atomic E-state index is 13.3. The summed E-state index contributed by atoms with van der Waals surface area (Å²) >= 11 is 0. The van der Waals surface area contributed by atoms with Crippen molar-refractivity contribution in [2.75, 3.05) is 40.0 Å². The van der Waals surface area contributed by atoms with Gasteiger partial charge in [-0.2, -0.15) is 0 Å². The first-order valence-electron chi connectivity index (χ1n) is 7.79. The third kappa shape index (κ3) is 7.02. The minimum atomic E-state index is -0.169. The third-order valence-electron chi connectivity index (χ3n) is 3.73. The van der Waals surface area contributed by atoms with Crippen LogP contribution >= 0.6 is 0 Å². The van der Waals surface area contributed by atoms with E-state index in [9.17, 15) is 4.39 Å². The number of hydrogen-bond acceptors (Lipinski definition) is 3. The molecule has 0 saturated heterocycles. The second-order valence-corrected chi connectivity index (χ2v) is 5.88. The first-order chi connectivity index (χ1) is 10.3. The van der Waals surface area contributed by atoms with E-state index >= 15 is 0 Å². The molecule has 1 unspecified atom stereocenters. The summed E-state index contributed by atoms with van der Waals surface area (Å²) in [5, 5.41) is 3.38. The minimum Gasteiger partial charge on any atom is -0.383 e. The smallest absolute Gasteiger partial charge is 0.123 e. The van der Waals surface area contributed by atoms with Gasteiger partial charge in [0.05, 0.1) is 13.2 Å². The summed E-state index contributed by atoms with van der Waals surface area (Å²) < 4.78 is 24.1. The number of nitrogens with one attached hydrogen (secondary N) is 1. The Kier molecular flexibility index (Phi) is 7.13. The molecule has 1 fully saturated rings. The average Bonchev–Trinajstić information content (AvgIpc) is 3.27. The highest BCUT2D eigenvalue weighted by Crippen LogP contribution is 2.29. The van der Waals surface area contributed by atoms with Crippen LogP contribution in [-0.2, 0) is 15.9 Å². The quantitative estimate of drug-likeness (QED) is 0.637. The van der Waals surface area contributed by atoms with Crippen LogP contribution in [0.25, 0.3) is 0 Å². The maximum atomic E-state index is 13.3. The van der Waals surface area contributed by atoms with Crippen LogP contribution in [-0.4, -0.2) is 40.0 Å². The zero-order valence-electron chi connectivity index (χ0n) is 12.8. The van der Waals surface area contributed by atoms with E-state index in [2.05, 4.69) is 5.32 Å². The highest BCUT2D eigenvalue weighted by atomic mass is 19.1. The maximum Gasteiger partial charge on any atom is 0.123 e. The molecular weight excluding hydrogens is 269 g/mol. The standard InChI is InChI=1S/C17H26FNO2/c1-20-8-7-19-11-16(13-21-12-14-5-6-14)9-15-3-2-4-17(18)10-15/h2-4,10,14,16,19H,5-9,11-13H2,1H3. The van der Waals surface area contributed by atoms with Crippen LogP contribution in [0.1, 0.15) is 18.4 Å². The van der Waals surface area contributed by atoms with Crippen molar-refractivity contribution < 1.29 is 13.9 Å². The molecule has 1 atom stereocenters. The van der Waals surface area contributed by atoms with Gasteiger partial charge in [-0.3, -0.25) is 0 Å². The zero-order valence-corrected chi connectivity index (χ0v) is 12.8. The Hall–Kier alpha value is -0.970. The Morgan fingerprint density at radius 1 is 1.38 bits per heavy atom. The molecule has 0 radical (unpaired) electrons. The predicted molar refractivity (Wildman–Crippen MR) is 81.9 cm³/mol. The van der Waals surface area contributed by atoms with Gasteiger partial charge >= 0.3 is 0 Å². The number of methoxy groups -OCH3 is 1. The molecular formula is C17H26FNO2. The van der Waals surface area contributed by atoms with Crippen LogP contribution in [0.5, 0.6) is 0 Å². The lowest BCUT2D eigenvalue weighted by atomic mass is 10.00. The van der Waals surface area contributed by atoms with E-state index in [0.717, 1.165) is 44.2 Å². The number of benzene rings is 1. The second kappa shape index (κ2) is 9.13. The molecule has 4 heteroatoms. The van der Waals surface area contributed by atoms with Crippen molar-refractivity contribution in [3.8, 4) is 0 Å². The summed E-state index contributed by atoms with van der Waals surface area (Å²) in [6, 6.07) is 6.85. The van der Waals surface area contributed by atoms with Gasteiger partial charge in [0.15, 0.2) is 0 Å². The molecule has 0 spiro atoms. The van der Waals surface area contributed by atoms with E-state index in [4.69, 9.17) is 9.47 Å². The summed E-state index contributed by atoms with van der Waals surface area (Å²) in [6.07, 6.45) is 3.45. The van der Waals surface area contributed by atoms with Crippen molar-refractivity contribution >= 4 is 0 Å². The van der Waals surface area contributed by atoms with Crippen LogP contribution in [0.2, 0.25) is 0 Å². The number of halogens is 1. The van der Waals surface area contributed by atoms with Crippen LogP contribution < -0.4 is 5.32 Å². The molecule has 0 bridgehead atoms. The van der Waals surface area contributed by atoms with E-state index in [-0.39, 0.29) is 5.82 Å². The zero-order chi connectivity index (χ0) is 14.9. The molecule has 1 saturated carbocycles. The molecule has 0 heterocycles. The Balaban J connectivity index is 1.77. The Morgan fingerprint density at radius 2 is 2.24 bits per heavy atom. The monoisotopic (exact) mass is 295 g/mol. The Morgan fingerprint density at radius 3 is 2.95 bits per heavy atom. The molecule has 1 N–H and O–H groups in total. The van der Waals surface area contributed by atoms with E-state index in [1.54, 1.807) is 19.2 Å². The summed E-state index contributed by atoms with van der Waals surface area (Å²) in [5.41, 5.74) is 1.03. The average molecular weight is 295 g/mol. The molecule has 0 aromatic heterocycles. The predicted octanol–water partition coefficient (Wildman–Crippen LogP) is 2.65. The van der Waals surface area contributed by atoms with Crippen molar-refractivity contribution in [3.63, 3.8) is 0 Å².